The minimum Gasteiger partial charge on any atom is -0.393 e. The molecule has 6 heteroatoms. The van der Waals surface area contributed by atoms with Crippen molar-refractivity contribution in [2.75, 3.05) is 5.32 Å². The molecule has 0 saturated heterocycles. The van der Waals surface area contributed by atoms with Gasteiger partial charge in [0.1, 0.15) is 5.15 Å². The zero-order valence-corrected chi connectivity index (χ0v) is 11.0. The number of halogens is 2. The smallest absolute Gasteiger partial charge is 0.224 e. The molecule has 0 aliphatic carbocycles. The number of aliphatic hydroxyl groups is 1. The van der Waals surface area contributed by atoms with E-state index in [0.29, 0.717) is 21.7 Å². The van der Waals surface area contributed by atoms with Crippen LogP contribution in [-0.2, 0) is 4.79 Å². The van der Waals surface area contributed by atoms with Gasteiger partial charge in [0.15, 0.2) is 0 Å². The molecule has 0 aliphatic heterocycles. The molecule has 0 bridgehead atoms. The highest BCUT2D eigenvalue weighted by molar-refractivity contribution is 9.10. The van der Waals surface area contributed by atoms with Crippen LogP contribution in [0.5, 0.6) is 0 Å². The number of aliphatic hydroxyl groups excluding tert-OH is 1. The average Bonchev–Trinajstić information content (AvgIpc) is 2.21. The first-order valence-electron chi connectivity index (χ1n) is 4.78. The van der Waals surface area contributed by atoms with Gasteiger partial charge in [-0.1, -0.05) is 11.6 Å². The number of pyridine rings is 1. The molecule has 88 valence electrons. The Morgan fingerprint density at radius 3 is 3.00 bits per heavy atom. The number of hydrogen-bond donors (Lipinski definition) is 2. The van der Waals surface area contributed by atoms with E-state index in [0.717, 1.165) is 0 Å². The monoisotopic (exact) mass is 306 g/mol. The van der Waals surface area contributed by atoms with Gasteiger partial charge in [-0.2, -0.15) is 0 Å². The van der Waals surface area contributed by atoms with Crippen LogP contribution in [0.15, 0.2) is 16.7 Å². The number of carbonyl (C=O) groups excluding carboxylic acids is 1. The van der Waals surface area contributed by atoms with Gasteiger partial charge in [-0.15, -0.1) is 0 Å². The van der Waals surface area contributed by atoms with Crippen molar-refractivity contribution in [1.29, 1.82) is 0 Å². The van der Waals surface area contributed by atoms with Gasteiger partial charge >= 0.3 is 0 Å². The largest absolute Gasteiger partial charge is 0.393 e. The number of amides is 1. The molecule has 0 fully saturated rings. The first-order valence-corrected chi connectivity index (χ1v) is 5.95. The molecule has 1 rings (SSSR count). The zero-order chi connectivity index (χ0) is 12.1. The second kappa shape index (κ2) is 6.18. The molecule has 0 aliphatic rings. The van der Waals surface area contributed by atoms with E-state index in [1.165, 1.54) is 6.20 Å². The van der Waals surface area contributed by atoms with Crippen molar-refractivity contribution in [3.05, 3.63) is 21.9 Å². The van der Waals surface area contributed by atoms with Crippen LogP contribution in [0, 0.1) is 0 Å². The Balaban J connectivity index is 2.53. The molecule has 1 aromatic heterocycles. The molecule has 0 radical (unpaired) electrons. The number of aromatic nitrogens is 1. The molecule has 0 saturated carbocycles. The number of anilines is 1. The summed E-state index contributed by atoms with van der Waals surface area (Å²) in [6.07, 6.45) is 1.72. The molecular formula is C10H12BrClN2O2. The molecule has 0 spiro atoms. The van der Waals surface area contributed by atoms with Crippen LogP contribution in [0.25, 0.3) is 0 Å². The second-order valence-corrected chi connectivity index (χ2v) is 4.64. The Kier molecular flexibility index (Phi) is 5.18. The van der Waals surface area contributed by atoms with E-state index >= 15 is 0 Å². The lowest BCUT2D eigenvalue weighted by atomic mass is 10.2. The highest BCUT2D eigenvalue weighted by Gasteiger charge is 2.06. The summed E-state index contributed by atoms with van der Waals surface area (Å²) in [6.45, 7) is 1.65. The Hall–Kier alpha value is -0.650. The quantitative estimate of drug-likeness (QED) is 0.841. The number of hydrogen-bond acceptors (Lipinski definition) is 3. The van der Waals surface area contributed by atoms with Gasteiger partial charge in [0.05, 0.1) is 22.5 Å². The molecule has 1 amide bonds. The molecule has 1 atom stereocenters. The van der Waals surface area contributed by atoms with Crippen molar-refractivity contribution in [3.8, 4) is 0 Å². The Bertz CT molecular complexity index is 385. The van der Waals surface area contributed by atoms with E-state index in [-0.39, 0.29) is 12.3 Å². The van der Waals surface area contributed by atoms with E-state index in [1.807, 2.05) is 0 Å². The van der Waals surface area contributed by atoms with Gasteiger partial charge in [-0.25, -0.2) is 4.98 Å². The van der Waals surface area contributed by atoms with Crippen molar-refractivity contribution in [2.45, 2.75) is 25.9 Å². The molecule has 1 heterocycles. The maximum absolute atomic E-state index is 11.4. The summed E-state index contributed by atoms with van der Waals surface area (Å²) in [6, 6.07) is 1.68. The lowest BCUT2D eigenvalue weighted by Gasteiger charge is -2.06. The average molecular weight is 308 g/mol. The lowest BCUT2D eigenvalue weighted by molar-refractivity contribution is -0.116. The van der Waals surface area contributed by atoms with Crippen LogP contribution >= 0.6 is 27.5 Å². The Labute approximate surface area is 107 Å². The number of carbonyl (C=O) groups is 1. The maximum atomic E-state index is 11.4. The molecule has 4 nitrogen and oxygen atoms in total. The SMILES string of the molecule is CC(O)CCC(=O)Nc1cnc(Cl)c(Br)c1. The van der Waals surface area contributed by atoms with Crippen molar-refractivity contribution in [2.24, 2.45) is 0 Å². The second-order valence-electron chi connectivity index (χ2n) is 3.43. The molecule has 16 heavy (non-hydrogen) atoms. The highest BCUT2D eigenvalue weighted by Crippen LogP contribution is 2.22. The normalized spacial score (nSPS) is 12.2. The van der Waals surface area contributed by atoms with Gasteiger partial charge in [0, 0.05) is 6.42 Å². The van der Waals surface area contributed by atoms with Crippen LogP contribution in [-0.4, -0.2) is 22.1 Å². The predicted octanol–water partition coefficient (Wildman–Crippen LogP) is 2.60. The number of nitrogens with zero attached hydrogens (tertiary/aromatic N) is 1. The summed E-state index contributed by atoms with van der Waals surface area (Å²) in [4.78, 5) is 15.3. The van der Waals surface area contributed by atoms with E-state index in [9.17, 15) is 4.79 Å². The summed E-state index contributed by atoms with van der Waals surface area (Å²) in [7, 11) is 0. The van der Waals surface area contributed by atoms with Crippen LogP contribution in [0.3, 0.4) is 0 Å². The predicted molar refractivity (Wildman–Crippen MR) is 66.5 cm³/mol. The summed E-state index contributed by atoms with van der Waals surface area (Å²) in [5.74, 6) is -0.156. The molecule has 2 N–H and O–H groups in total. The van der Waals surface area contributed by atoms with Crippen molar-refractivity contribution in [1.82, 2.24) is 4.98 Å². The molecule has 1 aromatic rings. The Morgan fingerprint density at radius 2 is 2.44 bits per heavy atom. The van der Waals surface area contributed by atoms with Crippen molar-refractivity contribution in [3.63, 3.8) is 0 Å². The minimum absolute atomic E-state index is 0.156. The van der Waals surface area contributed by atoms with E-state index < -0.39 is 6.10 Å². The summed E-state index contributed by atoms with van der Waals surface area (Å²) < 4.78 is 0.627. The minimum atomic E-state index is -0.471. The molecule has 0 aromatic carbocycles. The lowest BCUT2D eigenvalue weighted by Crippen LogP contribution is -2.14. The standard InChI is InChI=1S/C10H12BrClN2O2/c1-6(15)2-3-9(16)14-7-4-8(11)10(12)13-5-7/h4-6,15H,2-3H2,1H3,(H,14,16). The number of rotatable bonds is 4. The third kappa shape index (κ3) is 4.47. The van der Waals surface area contributed by atoms with Gasteiger partial charge in [-0.05, 0) is 35.3 Å². The first-order chi connectivity index (χ1) is 7.49. The van der Waals surface area contributed by atoms with Gasteiger partial charge < -0.3 is 10.4 Å². The summed E-state index contributed by atoms with van der Waals surface area (Å²) in [5, 5.41) is 12.0. The summed E-state index contributed by atoms with van der Waals surface area (Å²) >= 11 is 8.93. The van der Waals surface area contributed by atoms with Crippen LogP contribution in [0.2, 0.25) is 5.15 Å². The van der Waals surface area contributed by atoms with Crippen LogP contribution < -0.4 is 5.32 Å². The zero-order valence-electron chi connectivity index (χ0n) is 8.70. The molecule has 1 unspecified atom stereocenters. The third-order valence-electron chi connectivity index (χ3n) is 1.87. The maximum Gasteiger partial charge on any atom is 0.224 e. The highest BCUT2D eigenvalue weighted by atomic mass is 79.9. The van der Waals surface area contributed by atoms with E-state index in [2.05, 4.69) is 26.2 Å². The first kappa shape index (κ1) is 13.4. The fourth-order valence-electron chi connectivity index (χ4n) is 1.05. The number of nitrogens with one attached hydrogen (secondary N) is 1. The van der Waals surface area contributed by atoms with Crippen LogP contribution in [0.4, 0.5) is 5.69 Å². The summed E-state index contributed by atoms with van der Waals surface area (Å²) in [5.41, 5.74) is 0.576. The van der Waals surface area contributed by atoms with E-state index in [1.54, 1.807) is 13.0 Å². The van der Waals surface area contributed by atoms with Gasteiger partial charge in [-0.3, -0.25) is 4.79 Å². The van der Waals surface area contributed by atoms with Crippen LogP contribution in [0.1, 0.15) is 19.8 Å². The van der Waals surface area contributed by atoms with Crippen molar-refractivity contribution >= 4 is 39.1 Å². The van der Waals surface area contributed by atoms with Crippen molar-refractivity contribution < 1.29 is 9.90 Å². The Morgan fingerprint density at radius 1 is 1.75 bits per heavy atom. The van der Waals surface area contributed by atoms with Gasteiger partial charge in [0.25, 0.3) is 0 Å². The topological polar surface area (TPSA) is 62.2 Å². The fourth-order valence-corrected chi connectivity index (χ4v) is 1.51. The fraction of sp³-hybridized carbons (Fsp3) is 0.400. The van der Waals surface area contributed by atoms with Gasteiger partial charge in [0.2, 0.25) is 5.91 Å². The third-order valence-corrected chi connectivity index (χ3v) is 3.00. The molecular weight excluding hydrogens is 295 g/mol. The van der Waals surface area contributed by atoms with E-state index in [4.69, 9.17) is 16.7 Å².